The van der Waals surface area contributed by atoms with Gasteiger partial charge in [-0.25, -0.2) is 0 Å². The SMILES string of the molecule is CC(=O)c1cc(N)c(N2CCOCC2)o1. The van der Waals surface area contributed by atoms with Gasteiger partial charge >= 0.3 is 0 Å². The summed E-state index contributed by atoms with van der Waals surface area (Å²) in [6, 6.07) is 1.58. The number of ether oxygens (including phenoxy) is 1. The number of nitrogens with two attached hydrogens (primary N) is 1. The van der Waals surface area contributed by atoms with Crippen molar-refractivity contribution in [2.75, 3.05) is 36.9 Å². The Morgan fingerprint density at radius 3 is 2.67 bits per heavy atom. The molecule has 1 saturated heterocycles. The molecule has 0 aliphatic carbocycles. The summed E-state index contributed by atoms with van der Waals surface area (Å²) >= 11 is 0. The maximum absolute atomic E-state index is 11.1. The molecule has 15 heavy (non-hydrogen) atoms. The number of furan rings is 1. The molecule has 0 saturated carbocycles. The van der Waals surface area contributed by atoms with Crippen LogP contribution in [0.4, 0.5) is 11.6 Å². The molecule has 0 atom stereocenters. The van der Waals surface area contributed by atoms with Gasteiger partial charge in [-0.1, -0.05) is 0 Å². The van der Waals surface area contributed by atoms with E-state index in [2.05, 4.69) is 0 Å². The summed E-state index contributed by atoms with van der Waals surface area (Å²) in [6.45, 7) is 4.27. The molecule has 1 fully saturated rings. The third-order valence-electron chi connectivity index (χ3n) is 2.39. The van der Waals surface area contributed by atoms with Gasteiger partial charge in [0.25, 0.3) is 0 Å². The van der Waals surface area contributed by atoms with E-state index in [0.717, 1.165) is 13.1 Å². The lowest BCUT2D eigenvalue weighted by Crippen LogP contribution is -2.36. The number of carbonyl (C=O) groups is 1. The van der Waals surface area contributed by atoms with Gasteiger partial charge in [0, 0.05) is 26.1 Å². The number of morpholine rings is 1. The Morgan fingerprint density at radius 1 is 1.47 bits per heavy atom. The molecule has 1 aliphatic heterocycles. The first kappa shape index (κ1) is 10.0. The fraction of sp³-hybridized carbons (Fsp3) is 0.500. The zero-order valence-electron chi connectivity index (χ0n) is 8.66. The fourth-order valence-electron chi connectivity index (χ4n) is 1.58. The van der Waals surface area contributed by atoms with Crippen LogP contribution in [0.25, 0.3) is 0 Å². The monoisotopic (exact) mass is 210 g/mol. The van der Waals surface area contributed by atoms with Crippen LogP contribution in [-0.2, 0) is 4.74 Å². The number of anilines is 2. The van der Waals surface area contributed by atoms with Crippen molar-refractivity contribution in [1.82, 2.24) is 0 Å². The Morgan fingerprint density at radius 2 is 2.13 bits per heavy atom. The van der Waals surface area contributed by atoms with Crippen LogP contribution >= 0.6 is 0 Å². The minimum atomic E-state index is -0.110. The lowest BCUT2D eigenvalue weighted by molar-refractivity contribution is 0.0985. The van der Waals surface area contributed by atoms with Crippen LogP contribution < -0.4 is 10.6 Å². The number of ketones is 1. The van der Waals surface area contributed by atoms with E-state index in [1.165, 1.54) is 6.92 Å². The summed E-state index contributed by atoms with van der Waals surface area (Å²) in [4.78, 5) is 13.1. The van der Waals surface area contributed by atoms with E-state index < -0.39 is 0 Å². The summed E-state index contributed by atoms with van der Waals surface area (Å²) in [5, 5.41) is 0. The number of hydrogen-bond donors (Lipinski definition) is 1. The van der Waals surface area contributed by atoms with E-state index in [0.29, 0.717) is 30.5 Å². The smallest absolute Gasteiger partial charge is 0.219 e. The van der Waals surface area contributed by atoms with E-state index in [1.54, 1.807) is 6.07 Å². The molecule has 0 spiro atoms. The predicted octanol–water partition coefficient (Wildman–Crippen LogP) is 0.901. The number of Topliss-reactive ketones (excluding diaryl/α,β-unsaturated/α-hetero) is 1. The Bertz CT molecular complexity index is 367. The van der Waals surface area contributed by atoms with Crippen LogP contribution in [0.2, 0.25) is 0 Å². The first-order valence-corrected chi connectivity index (χ1v) is 4.91. The predicted molar refractivity (Wildman–Crippen MR) is 56.2 cm³/mol. The third kappa shape index (κ3) is 1.97. The van der Waals surface area contributed by atoms with Gasteiger partial charge in [-0.3, -0.25) is 4.79 Å². The Balaban J connectivity index is 2.22. The van der Waals surface area contributed by atoms with E-state index >= 15 is 0 Å². The first-order chi connectivity index (χ1) is 7.18. The standard InChI is InChI=1S/C10H14N2O3/c1-7(13)9-6-8(11)10(15-9)12-2-4-14-5-3-12/h6H,2-5,11H2,1H3. The van der Waals surface area contributed by atoms with Crippen molar-refractivity contribution in [1.29, 1.82) is 0 Å². The van der Waals surface area contributed by atoms with Crippen molar-refractivity contribution in [2.24, 2.45) is 0 Å². The highest BCUT2D eigenvalue weighted by Crippen LogP contribution is 2.28. The van der Waals surface area contributed by atoms with Gasteiger partial charge in [-0.05, 0) is 0 Å². The van der Waals surface area contributed by atoms with Gasteiger partial charge < -0.3 is 19.8 Å². The Hall–Kier alpha value is -1.49. The molecule has 1 aliphatic rings. The highest BCUT2D eigenvalue weighted by molar-refractivity contribution is 5.93. The fourth-order valence-corrected chi connectivity index (χ4v) is 1.58. The van der Waals surface area contributed by atoms with Crippen molar-refractivity contribution < 1.29 is 13.9 Å². The quantitative estimate of drug-likeness (QED) is 0.734. The highest BCUT2D eigenvalue weighted by atomic mass is 16.5. The second-order valence-corrected chi connectivity index (χ2v) is 3.53. The number of nitrogens with zero attached hydrogens (tertiary/aromatic N) is 1. The molecule has 2 rings (SSSR count). The molecule has 82 valence electrons. The van der Waals surface area contributed by atoms with E-state index in [9.17, 15) is 4.79 Å². The number of nitrogen functional groups attached to an aromatic ring is 1. The van der Waals surface area contributed by atoms with Crippen molar-refractivity contribution in [3.8, 4) is 0 Å². The molecule has 2 heterocycles. The largest absolute Gasteiger partial charge is 0.435 e. The van der Waals surface area contributed by atoms with Crippen LogP contribution in [0.15, 0.2) is 10.5 Å². The molecule has 1 aromatic rings. The molecule has 0 aromatic carbocycles. The zero-order chi connectivity index (χ0) is 10.8. The molecule has 1 aromatic heterocycles. The molecule has 5 heteroatoms. The number of rotatable bonds is 2. The second kappa shape index (κ2) is 3.94. The second-order valence-electron chi connectivity index (χ2n) is 3.53. The molecule has 0 amide bonds. The van der Waals surface area contributed by atoms with Crippen molar-refractivity contribution in [3.05, 3.63) is 11.8 Å². The average Bonchev–Trinajstić information content (AvgIpc) is 2.62. The maximum atomic E-state index is 11.1. The Kier molecular flexibility index (Phi) is 2.64. The first-order valence-electron chi connectivity index (χ1n) is 4.91. The van der Waals surface area contributed by atoms with Crippen molar-refractivity contribution in [2.45, 2.75) is 6.92 Å². The normalized spacial score (nSPS) is 16.7. The molecule has 2 N–H and O–H groups in total. The van der Waals surface area contributed by atoms with E-state index in [1.807, 2.05) is 4.90 Å². The van der Waals surface area contributed by atoms with Gasteiger partial charge in [0.15, 0.2) is 11.5 Å². The molecule has 0 unspecified atom stereocenters. The van der Waals surface area contributed by atoms with Gasteiger partial charge in [0.2, 0.25) is 5.88 Å². The Labute approximate surface area is 87.8 Å². The summed E-state index contributed by atoms with van der Waals surface area (Å²) in [5.74, 6) is 0.790. The molecule has 0 bridgehead atoms. The minimum absolute atomic E-state index is 0.110. The van der Waals surface area contributed by atoms with Crippen LogP contribution in [0.5, 0.6) is 0 Å². The molecular weight excluding hydrogens is 196 g/mol. The van der Waals surface area contributed by atoms with Crippen LogP contribution in [0.3, 0.4) is 0 Å². The summed E-state index contributed by atoms with van der Waals surface area (Å²) < 4.78 is 10.6. The minimum Gasteiger partial charge on any atom is -0.435 e. The van der Waals surface area contributed by atoms with Gasteiger partial charge in [-0.15, -0.1) is 0 Å². The summed E-state index contributed by atoms with van der Waals surface area (Å²) in [5.41, 5.74) is 6.30. The van der Waals surface area contributed by atoms with Gasteiger partial charge in [-0.2, -0.15) is 0 Å². The van der Waals surface area contributed by atoms with Gasteiger partial charge in [0.1, 0.15) is 0 Å². The maximum Gasteiger partial charge on any atom is 0.219 e. The lowest BCUT2D eigenvalue weighted by Gasteiger charge is -2.26. The van der Waals surface area contributed by atoms with Crippen molar-refractivity contribution in [3.63, 3.8) is 0 Å². The number of carbonyl (C=O) groups excluding carboxylic acids is 1. The van der Waals surface area contributed by atoms with Crippen LogP contribution in [0.1, 0.15) is 17.5 Å². The average molecular weight is 210 g/mol. The van der Waals surface area contributed by atoms with Crippen molar-refractivity contribution >= 4 is 17.4 Å². The van der Waals surface area contributed by atoms with Crippen LogP contribution in [-0.4, -0.2) is 32.1 Å². The topological polar surface area (TPSA) is 68.7 Å². The van der Waals surface area contributed by atoms with Gasteiger partial charge in [0.05, 0.1) is 18.9 Å². The molecule has 5 nitrogen and oxygen atoms in total. The lowest BCUT2D eigenvalue weighted by atomic mass is 10.3. The zero-order valence-corrected chi connectivity index (χ0v) is 8.66. The van der Waals surface area contributed by atoms with E-state index in [4.69, 9.17) is 14.9 Å². The van der Waals surface area contributed by atoms with Crippen LogP contribution in [0, 0.1) is 0 Å². The highest BCUT2D eigenvalue weighted by Gasteiger charge is 2.19. The number of hydrogen-bond acceptors (Lipinski definition) is 5. The molecular formula is C10H14N2O3. The summed E-state index contributed by atoms with van der Waals surface area (Å²) in [6.07, 6.45) is 0. The third-order valence-corrected chi connectivity index (χ3v) is 2.39. The summed E-state index contributed by atoms with van der Waals surface area (Å²) in [7, 11) is 0. The molecule has 0 radical (unpaired) electrons. The van der Waals surface area contributed by atoms with E-state index in [-0.39, 0.29) is 5.78 Å².